The lowest BCUT2D eigenvalue weighted by molar-refractivity contribution is 0.0724. The highest BCUT2D eigenvalue weighted by Gasteiger charge is 2.18. The molecule has 0 unspecified atom stereocenters. The van der Waals surface area contributed by atoms with Crippen molar-refractivity contribution in [2.75, 3.05) is 18.4 Å². The molecule has 136 valence electrons. The standard InChI is InChI=1S/C18H18BrN3O3S/c19-15-9-8-14(25-15)16(23)21-18(26)20-13-6-4-12(5-7-13)17(24)22-10-2-1-3-11-22/h4-9H,1-3,10-11H2,(H2,20,21,23,26). The van der Waals surface area contributed by atoms with Crippen molar-refractivity contribution in [3.63, 3.8) is 0 Å². The van der Waals surface area contributed by atoms with Crippen molar-refractivity contribution in [2.45, 2.75) is 19.3 Å². The molecule has 0 bridgehead atoms. The number of hydrogen-bond acceptors (Lipinski definition) is 4. The van der Waals surface area contributed by atoms with E-state index < -0.39 is 5.91 Å². The highest BCUT2D eigenvalue weighted by molar-refractivity contribution is 9.10. The number of furan rings is 1. The number of nitrogens with one attached hydrogen (secondary N) is 2. The molecule has 0 radical (unpaired) electrons. The molecule has 26 heavy (non-hydrogen) atoms. The largest absolute Gasteiger partial charge is 0.444 e. The van der Waals surface area contributed by atoms with Gasteiger partial charge in [-0.1, -0.05) is 0 Å². The van der Waals surface area contributed by atoms with E-state index in [1.807, 2.05) is 4.90 Å². The predicted octanol–water partition coefficient (Wildman–Crippen LogP) is 3.80. The van der Waals surface area contributed by atoms with Crippen LogP contribution in [0.4, 0.5) is 5.69 Å². The number of anilines is 1. The Labute approximate surface area is 165 Å². The Kier molecular flexibility index (Phi) is 6.05. The maximum atomic E-state index is 12.4. The summed E-state index contributed by atoms with van der Waals surface area (Å²) < 4.78 is 5.64. The summed E-state index contributed by atoms with van der Waals surface area (Å²) >= 11 is 8.28. The fourth-order valence-corrected chi connectivity index (χ4v) is 3.26. The average Bonchev–Trinajstić information content (AvgIpc) is 3.09. The number of hydrogen-bond donors (Lipinski definition) is 2. The summed E-state index contributed by atoms with van der Waals surface area (Å²) in [5, 5.41) is 5.61. The summed E-state index contributed by atoms with van der Waals surface area (Å²) in [6.45, 7) is 1.63. The van der Waals surface area contributed by atoms with Crippen LogP contribution in [0.3, 0.4) is 0 Å². The van der Waals surface area contributed by atoms with Gasteiger partial charge in [-0.15, -0.1) is 0 Å². The number of rotatable bonds is 3. The van der Waals surface area contributed by atoms with Gasteiger partial charge in [-0.05, 0) is 83.8 Å². The van der Waals surface area contributed by atoms with Crippen molar-refractivity contribution < 1.29 is 14.0 Å². The Hall–Kier alpha value is -2.19. The summed E-state index contributed by atoms with van der Waals surface area (Å²) in [5.41, 5.74) is 1.33. The fraction of sp³-hybridized carbons (Fsp3) is 0.278. The number of amides is 2. The minimum atomic E-state index is -0.440. The van der Waals surface area contributed by atoms with Gasteiger partial charge >= 0.3 is 0 Å². The van der Waals surface area contributed by atoms with Crippen LogP contribution in [-0.4, -0.2) is 34.9 Å². The third kappa shape index (κ3) is 4.70. The SMILES string of the molecule is O=C(NC(=S)Nc1ccc(C(=O)N2CCCCC2)cc1)c1ccc(Br)o1. The van der Waals surface area contributed by atoms with Crippen molar-refractivity contribution >= 4 is 50.8 Å². The van der Waals surface area contributed by atoms with E-state index in [-0.39, 0.29) is 16.8 Å². The third-order valence-corrected chi connectivity index (χ3v) is 4.69. The van der Waals surface area contributed by atoms with Crippen LogP contribution in [0.5, 0.6) is 0 Å². The first-order chi connectivity index (χ1) is 12.5. The van der Waals surface area contributed by atoms with Gasteiger partial charge < -0.3 is 14.6 Å². The Morgan fingerprint density at radius 2 is 1.73 bits per heavy atom. The lowest BCUT2D eigenvalue weighted by Crippen LogP contribution is -2.35. The second-order valence-corrected chi connectivity index (χ2v) is 7.13. The molecule has 1 fully saturated rings. The van der Waals surface area contributed by atoms with E-state index >= 15 is 0 Å². The Bertz CT molecular complexity index is 813. The lowest BCUT2D eigenvalue weighted by atomic mass is 10.1. The molecule has 0 atom stereocenters. The number of carbonyl (C=O) groups excluding carboxylic acids is 2. The monoisotopic (exact) mass is 435 g/mol. The molecule has 0 aliphatic carbocycles. The number of benzene rings is 1. The summed E-state index contributed by atoms with van der Waals surface area (Å²) in [4.78, 5) is 26.3. The second kappa shape index (κ2) is 8.46. The number of piperidine rings is 1. The van der Waals surface area contributed by atoms with Crippen molar-refractivity contribution in [3.05, 3.63) is 52.4 Å². The molecule has 1 aromatic heterocycles. The maximum Gasteiger partial charge on any atom is 0.293 e. The van der Waals surface area contributed by atoms with Crippen molar-refractivity contribution in [1.29, 1.82) is 0 Å². The quantitative estimate of drug-likeness (QED) is 0.717. The topological polar surface area (TPSA) is 74.6 Å². The van der Waals surface area contributed by atoms with E-state index in [9.17, 15) is 9.59 Å². The molecule has 2 amide bonds. The number of likely N-dealkylation sites (tertiary alicyclic amines) is 1. The van der Waals surface area contributed by atoms with Crippen molar-refractivity contribution in [2.24, 2.45) is 0 Å². The van der Waals surface area contributed by atoms with Crippen LogP contribution < -0.4 is 10.6 Å². The summed E-state index contributed by atoms with van der Waals surface area (Å²) in [7, 11) is 0. The number of nitrogens with zero attached hydrogens (tertiary/aromatic N) is 1. The molecule has 1 saturated heterocycles. The molecule has 0 spiro atoms. The van der Waals surface area contributed by atoms with Crippen LogP contribution in [0.1, 0.15) is 40.2 Å². The van der Waals surface area contributed by atoms with E-state index in [0.717, 1.165) is 25.9 Å². The molecule has 1 aliphatic rings. The molecule has 2 N–H and O–H groups in total. The molecule has 8 heteroatoms. The highest BCUT2D eigenvalue weighted by atomic mass is 79.9. The number of halogens is 1. The van der Waals surface area contributed by atoms with E-state index in [0.29, 0.717) is 15.9 Å². The van der Waals surface area contributed by atoms with Crippen molar-refractivity contribution in [1.82, 2.24) is 10.2 Å². The lowest BCUT2D eigenvalue weighted by Gasteiger charge is -2.26. The zero-order valence-electron chi connectivity index (χ0n) is 14.0. The molecule has 3 rings (SSSR count). The Balaban J connectivity index is 1.55. The highest BCUT2D eigenvalue weighted by Crippen LogP contribution is 2.16. The average molecular weight is 436 g/mol. The fourth-order valence-electron chi connectivity index (χ4n) is 2.74. The van der Waals surface area contributed by atoms with Gasteiger partial charge in [0, 0.05) is 24.3 Å². The molecule has 2 heterocycles. The molecule has 1 aliphatic heterocycles. The molecular formula is C18H18BrN3O3S. The minimum absolute atomic E-state index is 0.0514. The first-order valence-electron chi connectivity index (χ1n) is 8.30. The maximum absolute atomic E-state index is 12.4. The van der Waals surface area contributed by atoms with Crippen molar-refractivity contribution in [3.8, 4) is 0 Å². The van der Waals surface area contributed by atoms with Crippen LogP contribution in [-0.2, 0) is 0 Å². The van der Waals surface area contributed by atoms with Crippen LogP contribution in [0, 0.1) is 0 Å². The Morgan fingerprint density at radius 3 is 2.35 bits per heavy atom. The van der Waals surface area contributed by atoms with E-state index in [1.54, 1.807) is 36.4 Å². The van der Waals surface area contributed by atoms with Gasteiger partial charge in [0.2, 0.25) is 0 Å². The summed E-state index contributed by atoms with van der Waals surface area (Å²) in [5.74, 6) is -0.232. The van der Waals surface area contributed by atoms with Crippen LogP contribution in [0.25, 0.3) is 0 Å². The zero-order valence-corrected chi connectivity index (χ0v) is 16.4. The summed E-state index contributed by atoms with van der Waals surface area (Å²) in [6.07, 6.45) is 3.31. The van der Waals surface area contributed by atoms with E-state index in [2.05, 4.69) is 26.6 Å². The van der Waals surface area contributed by atoms with E-state index in [4.69, 9.17) is 16.6 Å². The number of thiocarbonyl (C=S) groups is 1. The number of carbonyl (C=O) groups is 2. The zero-order chi connectivity index (χ0) is 18.5. The molecule has 6 nitrogen and oxygen atoms in total. The van der Waals surface area contributed by atoms with Gasteiger partial charge in [0.15, 0.2) is 15.5 Å². The third-order valence-electron chi connectivity index (χ3n) is 4.06. The first kappa shape index (κ1) is 18.6. The van der Waals surface area contributed by atoms with Gasteiger partial charge in [0.05, 0.1) is 0 Å². The normalized spacial score (nSPS) is 14.0. The van der Waals surface area contributed by atoms with E-state index in [1.165, 1.54) is 6.42 Å². The molecule has 1 aromatic carbocycles. The molecule has 2 aromatic rings. The Morgan fingerprint density at radius 1 is 1.04 bits per heavy atom. The minimum Gasteiger partial charge on any atom is -0.444 e. The van der Waals surface area contributed by atoms with Crippen LogP contribution in [0.2, 0.25) is 0 Å². The van der Waals surface area contributed by atoms with Gasteiger partial charge in [0.1, 0.15) is 0 Å². The van der Waals surface area contributed by atoms with Crippen LogP contribution in [0.15, 0.2) is 45.5 Å². The molecular weight excluding hydrogens is 418 g/mol. The van der Waals surface area contributed by atoms with Crippen LogP contribution >= 0.6 is 28.1 Å². The van der Waals surface area contributed by atoms with Gasteiger partial charge in [-0.2, -0.15) is 0 Å². The molecule has 0 saturated carbocycles. The van der Waals surface area contributed by atoms with Gasteiger partial charge in [-0.3, -0.25) is 14.9 Å². The summed E-state index contributed by atoms with van der Waals surface area (Å²) in [6, 6.07) is 10.2. The van der Waals surface area contributed by atoms with Gasteiger partial charge in [-0.25, -0.2) is 0 Å². The first-order valence-corrected chi connectivity index (χ1v) is 9.50. The van der Waals surface area contributed by atoms with Gasteiger partial charge in [0.25, 0.3) is 11.8 Å². The predicted molar refractivity (Wildman–Crippen MR) is 106 cm³/mol. The second-order valence-electron chi connectivity index (χ2n) is 5.94. The smallest absolute Gasteiger partial charge is 0.293 e.